The van der Waals surface area contributed by atoms with Crippen LogP contribution in [0.4, 0.5) is 0 Å². The number of carbonyl (C=O) groups excluding carboxylic acids is 1. The predicted molar refractivity (Wildman–Crippen MR) is 124 cm³/mol. The summed E-state index contributed by atoms with van der Waals surface area (Å²) in [5.74, 6) is 0. The first-order valence-corrected chi connectivity index (χ1v) is 9.44. The smallest absolute Gasteiger partial charge is 0.125 e. The Morgan fingerprint density at radius 2 is 1.63 bits per heavy atom. The van der Waals surface area contributed by atoms with E-state index >= 15 is 0 Å². The van der Waals surface area contributed by atoms with Crippen LogP contribution in [-0.2, 0) is 4.79 Å². The van der Waals surface area contributed by atoms with Crippen molar-refractivity contribution < 1.29 is 4.79 Å². The molecule has 0 aromatic carbocycles. The molecule has 6 nitrogen and oxygen atoms in total. The molecule has 0 saturated carbocycles. The standard InChI is InChI=1S/C12H25N4P.C5H10O.C3H7N/c1-9(15(5)6)7-16(14-4)8-12(10(2)13)11(3)17;1-5(2,3)4-6;1-2-3-4/h7,13-14H,8,17H2,1-6H3;4H,1-3H3;2-3H,4H2,1H3/b9-7+,12-11-,13-10?;;3-2-. The second-order valence-corrected chi connectivity index (χ2v) is 8.18. The Bertz CT molecular complexity index is 509. The van der Waals surface area contributed by atoms with Crippen molar-refractivity contribution in [3.63, 3.8) is 0 Å². The lowest BCUT2D eigenvalue weighted by Crippen LogP contribution is -2.34. The van der Waals surface area contributed by atoms with E-state index in [1.165, 1.54) is 6.20 Å². The molecule has 0 fully saturated rings. The van der Waals surface area contributed by atoms with Gasteiger partial charge >= 0.3 is 0 Å². The number of nitrogens with two attached hydrogens (primary N) is 1. The number of carbonyl (C=O) groups is 1. The molecule has 0 aliphatic heterocycles. The number of nitrogens with one attached hydrogen (secondary N) is 2. The van der Waals surface area contributed by atoms with E-state index in [0.29, 0.717) is 12.3 Å². The lowest BCUT2D eigenvalue weighted by Gasteiger charge is -2.24. The summed E-state index contributed by atoms with van der Waals surface area (Å²) in [6.45, 7) is 14.1. The number of hydrazine groups is 1. The lowest BCUT2D eigenvalue weighted by molar-refractivity contribution is -0.113. The van der Waals surface area contributed by atoms with E-state index in [9.17, 15) is 4.79 Å². The van der Waals surface area contributed by atoms with Crippen LogP contribution in [0, 0.1) is 10.8 Å². The minimum absolute atomic E-state index is 0.139. The van der Waals surface area contributed by atoms with Gasteiger partial charge in [0.2, 0.25) is 0 Å². The number of allylic oxidation sites excluding steroid dienone is 3. The Kier molecular flexibility index (Phi) is 18.4. The summed E-state index contributed by atoms with van der Waals surface area (Å²) in [4.78, 5) is 11.9. The molecule has 0 aromatic heterocycles. The molecule has 0 heterocycles. The van der Waals surface area contributed by atoms with Crippen LogP contribution in [0.5, 0.6) is 0 Å². The van der Waals surface area contributed by atoms with Crippen LogP contribution < -0.4 is 11.2 Å². The van der Waals surface area contributed by atoms with E-state index in [-0.39, 0.29) is 5.41 Å². The van der Waals surface area contributed by atoms with Gasteiger partial charge in [0.25, 0.3) is 0 Å². The fraction of sp³-hybridized carbons (Fsp3) is 0.600. The molecular formula is C20H42N5OP. The zero-order valence-corrected chi connectivity index (χ0v) is 20.1. The SMILES string of the molecule is C/C=C\N.CC(C)(C)C=O.CNN(/C=C(\C)N(C)C)C/C(C(C)=N)=C(\C)P. The molecule has 0 spiro atoms. The fourth-order valence-corrected chi connectivity index (χ4v) is 1.55. The Morgan fingerprint density at radius 1 is 1.22 bits per heavy atom. The zero-order chi connectivity index (χ0) is 22.2. The van der Waals surface area contributed by atoms with Crippen LogP contribution in [0.15, 0.2) is 35.1 Å². The Labute approximate surface area is 169 Å². The van der Waals surface area contributed by atoms with Crippen molar-refractivity contribution in [2.24, 2.45) is 11.1 Å². The van der Waals surface area contributed by atoms with Gasteiger partial charge in [0.05, 0.1) is 6.54 Å². The molecule has 0 bridgehead atoms. The fourth-order valence-electron chi connectivity index (χ4n) is 1.24. The highest BCUT2D eigenvalue weighted by atomic mass is 31.0. The molecule has 4 N–H and O–H groups in total. The Balaban J connectivity index is -0.000000472. The molecule has 0 saturated heterocycles. The average molecular weight is 400 g/mol. The first-order chi connectivity index (χ1) is 12.3. The van der Waals surface area contributed by atoms with Gasteiger partial charge in [-0.1, -0.05) is 26.8 Å². The molecule has 0 rings (SSSR count). The first-order valence-electron chi connectivity index (χ1n) is 8.87. The van der Waals surface area contributed by atoms with Gasteiger partial charge in [-0.05, 0) is 44.8 Å². The molecule has 0 radical (unpaired) electrons. The molecule has 0 aromatic rings. The monoisotopic (exact) mass is 399 g/mol. The van der Waals surface area contributed by atoms with Crippen LogP contribution in [0.3, 0.4) is 0 Å². The predicted octanol–water partition coefficient (Wildman–Crippen LogP) is 3.74. The molecule has 0 aliphatic carbocycles. The summed E-state index contributed by atoms with van der Waals surface area (Å²) >= 11 is 0. The van der Waals surface area contributed by atoms with Crippen molar-refractivity contribution in [1.82, 2.24) is 15.3 Å². The summed E-state index contributed by atoms with van der Waals surface area (Å²) in [5.41, 5.74) is 10.6. The maximum atomic E-state index is 9.83. The highest BCUT2D eigenvalue weighted by Gasteiger charge is 2.07. The van der Waals surface area contributed by atoms with Crippen molar-refractivity contribution in [1.29, 1.82) is 5.41 Å². The van der Waals surface area contributed by atoms with Crippen molar-refractivity contribution in [2.75, 3.05) is 27.7 Å². The van der Waals surface area contributed by atoms with E-state index in [1.807, 2.05) is 73.9 Å². The summed E-state index contributed by atoms with van der Waals surface area (Å²) < 4.78 is 0. The molecule has 0 aliphatic rings. The number of hydrogen-bond donors (Lipinski definition) is 3. The second-order valence-electron chi connectivity index (χ2n) is 7.31. The van der Waals surface area contributed by atoms with Crippen molar-refractivity contribution in [3.05, 3.63) is 35.1 Å². The number of aldehydes is 1. The largest absolute Gasteiger partial charge is 0.405 e. The Morgan fingerprint density at radius 3 is 1.81 bits per heavy atom. The molecule has 1 unspecified atom stereocenters. The van der Waals surface area contributed by atoms with Gasteiger partial charge in [0.1, 0.15) is 6.29 Å². The van der Waals surface area contributed by atoms with Gasteiger partial charge in [0, 0.05) is 44.2 Å². The summed E-state index contributed by atoms with van der Waals surface area (Å²) in [6, 6.07) is 0. The normalized spacial score (nSPS) is 12.2. The zero-order valence-electron chi connectivity index (χ0n) is 19.0. The molecule has 0 amide bonds. The molecule has 158 valence electrons. The second kappa shape index (κ2) is 16.5. The van der Waals surface area contributed by atoms with Crippen molar-refractivity contribution in [3.8, 4) is 0 Å². The first kappa shape index (κ1) is 30.1. The van der Waals surface area contributed by atoms with Gasteiger partial charge < -0.3 is 25.8 Å². The average Bonchev–Trinajstić information content (AvgIpc) is 2.57. The molecular weight excluding hydrogens is 357 g/mol. The third kappa shape index (κ3) is 20.5. The van der Waals surface area contributed by atoms with Crippen LogP contribution >= 0.6 is 9.24 Å². The maximum Gasteiger partial charge on any atom is 0.125 e. The van der Waals surface area contributed by atoms with Crippen LogP contribution in [-0.4, -0.2) is 49.6 Å². The highest BCUT2D eigenvalue weighted by molar-refractivity contribution is 7.22. The van der Waals surface area contributed by atoms with Gasteiger partial charge in [-0.3, -0.25) is 0 Å². The van der Waals surface area contributed by atoms with E-state index in [2.05, 4.69) is 26.5 Å². The third-order valence-electron chi connectivity index (χ3n) is 3.14. The quantitative estimate of drug-likeness (QED) is 0.274. The number of nitrogens with zero attached hydrogens (tertiary/aromatic N) is 2. The van der Waals surface area contributed by atoms with E-state index in [1.54, 1.807) is 6.08 Å². The van der Waals surface area contributed by atoms with Crippen LogP contribution in [0.1, 0.15) is 48.5 Å². The molecule has 27 heavy (non-hydrogen) atoms. The van der Waals surface area contributed by atoms with E-state index < -0.39 is 0 Å². The maximum absolute atomic E-state index is 9.83. The minimum atomic E-state index is -0.139. The summed E-state index contributed by atoms with van der Waals surface area (Å²) in [5, 5.41) is 10.8. The van der Waals surface area contributed by atoms with Crippen molar-refractivity contribution in [2.45, 2.75) is 48.5 Å². The minimum Gasteiger partial charge on any atom is -0.405 e. The topological polar surface area (TPSA) is 85.5 Å². The van der Waals surface area contributed by atoms with Crippen LogP contribution in [0.25, 0.3) is 0 Å². The van der Waals surface area contributed by atoms with Gasteiger partial charge in [-0.15, -0.1) is 9.24 Å². The van der Waals surface area contributed by atoms with Gasteiger partial charge in [0.15, 0.2) is 0 Å². The molecule has 1 atom stereocenters. The van der Waals surface area contributed by atoms with Crippen LogP contribution in [0.2, 0.25) is 0 Å². The number of rotatable bonds is 6. The highest BCUT2D eigenvalue weighted by Crippen LogP contribution is 2.14. The number of hydrogen-bond acceptors (Lipinski definition) is 6. The van der Waals surface area contributed by atoms with E-state index in [0.717, 1.165) is 22.9 Å². The van der Waals surface area contributed by atoms with Gasteiger partial charge in [-0.2, -0.15) is 0 Å². The summed E-state index contributed by atoms with van der Waals surface area (Å²) in [6.07, 6.45) is 6.25. The van der Waals surface area contributed by atoms with Gasteiger partial charge in [-0.25, -0.2) is 5.43 Å². The Hall–Kier alpha value is -1.65. The molecule has 7 heteroatoms. The lowest BCUT2D eigenvalue weighted by atomic mass is 10.0. The van der Waals surface area contributed by atoms with Crippen molar-refractivity contribution >= 4 is 21.2 Å². The van der Waals surface area contributed by atoms with E-state index in [4.69, 9.17) is 11.1 Å². The summed E-state index contributed by atoms with van der Waals surface area (Å²) in [7, 11) is 8.58. The third-order valence-corrected chi connectivity index (χ3v) is 3.49.